The van der Waals surface area contributed by atoms with Crippen LogP contribution in [0.5, 0.6) is 0 Å². The van der Waals surface area contributed by atoms with Crippen LogP contribution in [0, 0.1) is 0 Å². The van der Waals surface area contributed by atoms with Crippen molar-refractivity contribution in [3.05, 3.63) is 23.8 Å². The molecule has 7 heteroatoms. The molecule has 0 saturated carbocycles. The van der Waals surface area contributed by atoms with Crippen LogP contribution in [0.15, 0.2) is 28.0 Å². The van der Waals surface area contributed by atoms with Crippen LogP contribution in [-0.2, 0) is 19.7 Å². The largest absolute Gasteiger partial charge is 0.298 e. The molecule has 0 unspecified atom stereocenters. The van der Waals surface area contributed by atoms with Crippen LogP contribution in [-0.4, -0.2) is 35.6 Å². The van der Waals surface area contributed by atoms with Crippen LogP contribution in [0.25, 0.3) is 0 Å². The quantitative estimate of drug-likeness (QED) is 0.732. The van der Waals surface area contributed by atoms with Crippen LogP contribution in [0.4, 0.5) is 0 Å². The van der Waals surface area contributed by atoms with E-state index in [0.29, 0.717) is 6.29 Å². The lowest BCUT2D eigenvalue weighted by atomic mass is 10.2. The SMILES string of the molecule is CS(=O)(=O)c1ccc(C=O)cc1S(C)(=O)=O. The Labute approximate surface area is 93.9 Å². The Morgan fingerprint density at radius 3 is 1.81 bits per heavy atom. The van der Waals surface area contributed by atoms with E-state index >= 15 is 0 Å². The molecule has 0 heterocycles. The molecule has 0 saturated heterocycles. The van der Waals surface area contributed by atoms with E-state index in [1.165, 1.54) is 6.07 Å². The number of hydrogen-bond donors (Lipinski definition) is 0. The second-order valence-electron chi connectivity index (χ2n) is 3.37. The van der Waals surface area contributed by atoms with Gasteiger partial charge in [0.1, 0.15) is 6.29 Å². The highest BCUT2D eigenvalue weighted by atomic mass is 32.2. The number of benzene rings is 1. The molecule has 0 atom stereocenters. The topological polar surface area (TPSA) is 85.3 Å². The molecule has 0 spiro atoms. The van der Waals surface area contributed by atoms with Gasteiger partial charge in [0.05, 0.1) is 9.79 Å². The maximum Gasteiger partial charge on any atom is 0.176 e. The van der Waals surface area contributed by atoms with E-state index in [2.05, 4.69) is 0 Å². The zero-order valence-electron chi connectivity index (χ0n) is 8.67. The molecule has 0 radical (unpaired) electrons. The summed E-state index contributed by atoms with van der Waals surface area (Å²) in [5, 5.41) is 0. The predicted octanol–water partition coefficient (Wildman–Crippen LogP) is 0.306. The van der Waals surface area contributed by atoms with Crippen LogP contribution in [0.2, 0.25) is 0 Å². The van der Waals surface area contributed by atoms with Gasteiger partial charge in [-0.05, 0) is 12.1 Å². The van der Waals surface area contributed by atoms with Crippen molar-refractivity contribution < 1.29 is 21.6 Å². The van der Waals surface area contributed by atoms with E-state index in [0.717, 1.165) is 24.6 Å². The highest BCUT2D eigenvalue weighted by molar-refractivity contribution is 7.93. The van der Waals surface area contributed by atoms with E-state index < -0.39 is 19.7 Å². The highest BCUT2D eigenvalue weighted by Crippen LogP contribution is 2.21. The number of carbonyl (C=O) groups excluding carboxylic acids is 1. The van der Waals surface area contributed by atoms with E-state index in [-0.39, 0.29) is 15.4 Å². The van der Waals surface area contributed by atoms with Gasteiger partial charge in [-0.25, -0.2) is 16.8 Å². The van der Waals surface area contributed by atoms with Gasteiger partial charge in [0, 0.05) is 18.1 Å². The molecule has 1 rings (SSSR count). The fourth-order valence-corrected chi connectivity index (χ4v) is 3.63. The number of carbonyl (C=O) groups is 1. The molecule has 0 aliphatic carbocycles. The van der Waals surface area contributed by atoms with Gasteiger partial charge in [-0.1, -0.05) is 6.07 Å². The standard InChI is InChI=1S/C9H10O5S2/c1-15(11,12)8-4-3-7(6-10)5-9(8)16(2,13)14/h3-6H,1-2H3. The van der Waals surface area contributed by atoms with Crippen LogP contribution < -0.4 is 0 Å². The summed E-state index contributed by atoms with van der Waals surface area (Å²) < 4.78 is 45.5. The Balaban J connectivity index is 3.72. The zero-order chi connectivity index (χ0) is 12.6. The van der Waals surface area contributed by atoms with Gasteiger partial charge in [0.15, 0.2) is 19.7 Å². The van der Waals surface area contributed by atoms with Gasteiger partial charge in [0.25, 0.3) is 0 Å². The summed E-state index contributed by atoms with van der Waals surface area (Å²) in [7, 11) is -7.32. The van der Waals surface area contributed by atoms with Gasteiger partial charge in [-0.2, -0.15) is 0 Å². The summed E-state index contributed by atoms with van der Waals surface area (Å²) in [6.07, 6.45) is 2.27. The molecule has 5 nitrogen and oxygen atoms in total. The molecule has 88 valence electrons. The van der Waals surface area contributed by atoms with Crippen molar-refractivity contribution in [2.24, 2.45) is 0 Å². The molecule has 0 aromatic heterocycles. The summed E-state index contributed by atoms with van der Waals surface area (Å²) in [6, 6.07) is 3.44. The molecule has 0 aliphatic rings. The van der Waals surface area contributed by atoms with Gasteiger partial charge in [-0.15, -0.1) is 0 Å². The minimum atomic E-state index is -3.69. The lowest BCUT2D eigenvalue weighted by Crippen LogP contribution is -2.08. The van der Waals surface area contributed by atoms with E-state index in [4.69, 9.17) is 0 Å². The molecular weight excluding hydrogens is 252 g/mol. The van der Waals surface area contributed by atoms with Gasteiger partial charge < -0.3 is 0 Å². The van der Waals surface area contributed by atoms with Crippen molar-refractivity contribution >= 4 is 26.0 Å². The monoisotopic (exact) mass is 262 g/mol. The Hall–Kier alpha value is -1.21. The third-order valence-electron chi connectivity index (χ3n) is 1.90. The first-order valence-corrected chi connectivity index (χ1v) is 7.94. The summed E-state index contributed by atoms with van der Waals surface area (Å²) >= 11 is 0. The van der Waals surface area contributed by atoms with Crippen molar-refractivity contribution in [1.29, 1.82) is 0 Å². The fraction of sp³-hybridized carbons (Fsp3) is 0.222. The molecule has 0 N–H and O–H groups in total. The van der Waals surface area contributed by atoms with Crippen molar-refractivity contribution in [1.82, 2.24) is 0 Å². The normalized spacial score (nSPS) is 12.4. The lowest BCUT2D eigenvalue weighted by molar-refractivity contribution is 0.112. The minimum Gasteiger partial charge on any atom is -0.298 e. The van der Waals surface area contributed by atoms with Gasteiger partial charge in [0.2, 0.25) is 0 Å². The zero-order valence-corrected chi connectivity index (χ0v) is 10.3. The maximum absolute atomic E-state index is 11.4. The lowest BCUT2D eigenvalue weighted by Gasteiger charge is -2.06. The molecular formula is C9H10O5S2. The maximum atomic E-state index is 11.4. The third kappa shape index (κ3) is 2.67. The molecule has 0 aliphatic heterocycles. The third-order valence-corrected chi connectivity index (χ3v) is 4.32. The summed E-state index contributed by atoms with van der Waals surface area (Å²) in [4.78, 5) is 9.86. The summed E-state index contributed by atoms with van der Waals surface area (Å²) in [5.74, 6) is 0. The number of aldehydes is 1. The van der Waals surface area contributed by atoms with Crippen LogP contribution in [0.3, 0.4) is 0 Å². The Morgan fingerprint density at radius 1 is 0.938 bits per heavy atom. The first-order valence-electron chi connectivity index (χ1n) is 4.15. The fourth-order valence-electron chi connectivity index (χ4n) is 1.19. The molecule has 1 aromatic carbocycles. The van der Waals surface area contributed by atoms with Crippen LogP contribution >= 0.6 is 0 Å². The average Bonchev–Trinajstić information content (AvgIpc) is 2.14. The molecule has 0 fully saturated rings. The van der Waals surface area contributed by atoms with E-state index in [1.54, 1.807) is 0 Å². The Kier molecular flexibility index (Phi) is 3.20. The molecule has 16 heavy (non-hydrogen) atoms. The second-order valence-corrected chi connectivity index (χ2v) is 7.34. The highest BCUT2D eigenvalue weighted by Gasteiger charge is 2.20. The molecule has 1 aromatic rings. The predicted molar refractivity (Wildman–Crippen MR) is 58.0 cm³/mol. The van der Waals surface area contributed by atoms with Crippen molar-refractivity contribution in [3.63, 3.8) is 0 Å². The minimum absolute atomic E-state index is 0.118. The first kappa shape index (κ1) is 12.9. The molecule has 0 bridgehead atoms. The first-order chi connectivity index (χ1) is 7.16. The van der Waals surface area contributed by atoms with Crippen molar-refractivity contribution in [3.8, 4) is 0 Å². The van der Waals surface area contributed by atoms with Crippen molar-refractivity contribution in [2.75, 3.05) is 12.5 Å². The van der Waals surface area contributed by atoms with Gasteiger partial charge in [-0.3, -0.25) is 4.79 Å². The Morgan fingerprint density at radius 2 is 1.44 bits per heavy atom. The van der Waals surface area contributed by atoms with E-state index in [9.17, 15) is 21.6 Å². The van der Waals surface area contributed by atoms with Crippen LogP contribution in [0.1, 0.15) is 10.4 Å². The second kappa shape index (κ2) is 3.99. The smallest absolute Gasteiger partial charge is 0.176 e. The summed E-state index contributed by atoms with van der Waals surface area (Å²) in [5.41, 5.74) is 0.118. The average molecular weight is 262 g/mol. The Bertz CT molecular complexity index is 626. The number of rotatable bonds is 3. The molecule has 0 amide bonds. The number of sulfone groups is 2. The number of hydrogen-bond acceptors (Lipinski definition) is 5. The summed E-state index contributed by atoms with van der Waals surface area (Å²) in [6.45, 7) is 0. The van der Waals surface area contributed by atoms with E-state index in [1.807, 2.05) is 0 Å². The van der Waals surface area contributed by atoms with Crippen molar-refractivity contribution in [2.45, 2.75) is 9.79 Å². The van der Waals surface area contributed by atoms with Gasteiger partial charge >= 0.3 is 0 Å².